The van der Waals surface area contributed by atoms with Gasteiger partial charge in [0.15, 0.2) is 6.61 Å². The molecule has 1 heterocycles. The Morgan fingerprint density at radius 2 is 1.94 bits per heavy atom. The highest BCUT2D eigenvalue weighted by Gasteiger charge is 2.13. The van der Waals surface area contributed by atoms with Gasteiger partial charge in [-0.1, -0.05) is 22.9 Å². The van der Waals surface area contributed by atoms with E-state index in [0.29, 0.717) is 28.9 Å². The number of fused-ring (bicyclic) bond motifs is 1. The molecule has 0 bridgehead atoms. The van der Waals surface area contributed by atoms with Crippen LogP contribution in [0.25, 0.3) is 10.9 Å². The Morgan fingerprint density at radius 3 is 2.56 bits per heavy atom. The second kappa shape index (κ2) is 11.1. The average molecular weight is 724 g/mol. The van der Waals surface area contributed by atoms with E-state index in [0.717, 1.165) is 17.2 Å². The standard InChI is InChI=1S/C22H20BrI2N3O4/c1-4-19-27-18-6-5-14(23)9-15(18)22(30)28(19)26-10-13-7-16(24)21(17(25)8-13)31-11-20(29)32-12(2)3/h5-10,12H,4,11H2,1-3H3. The molecule has 2 aromatic carbocycles. The lowest BCUT2D eigenvalue weighted by Gasteiger charge is -2.12. The quantitative estimate of drug-likeness (QED) is 0.192. The molecule has 10 heteroatoms. The highest BCUT2D eigenvalue weighted by Crippen LogP contribution is 2.28. The van der Waals surface area contributed by atoms with Crippen molar-refractivity contribution < 1.29 is 14.3 Å². The number of carbonyl (C=O) groups excluding carboxylic acids is 1. The molecule has 7 nitrogen and oxygen atoms in total. The van der Waals surface area contributed by atoms with Gasteiger partial charge in [0.2, 0.25) is 0 Å². The van der Waals surface area contributed by atoms with Crippen molar-refractivity contribution in [2.75, 3.05) is 6.61 Å². The molecule has 1 aromatic heterocycles. The molecule has 0 saturated carbocycles. The van der Waals surface area contributed by atoms with Gasteiger partial charge in [-0.3, -0.25) is 4.79 Å². The summed E-state index contributed by atoms with van der Waals surface area (Å²) in [4.78, 5) is 29.4. The lowest BCUT2D eigenvalue weighted by atomic mass is 10.2. The minimum absolute atomic E-state index is 0.162. The van der Waals surface area contributed by atoms with Gasteiger partial charge < -0.3 is 9.47 Å². The molecule has 32 heavy (non-hydrogen) atoms. The summed E-state index contributed by atoms with van der Waals surface area (Å²) in [5, 5.41) is 4.92. The van der Waals surface area contributed by atoms with Crippen LogP contribution in [0, 0.1) is 7.14 Å². The van der Waals surface area contributed by atoms with E-state index < -0.39 is 5.97 Å². The third-order valence-electron chi connectivity index (χ3n) is 4.24. The first kappa shape index (κ1) is 25.1. The summed E-state index contributed by atoms with van der Waals surface area (Å²) >= 11 is 7.69. The molecule has 3 aromatic rings. The summed E-state index contributed by atoms with van der Waals surface area (Å²) in [5.41, 5.74) is 1.21. The van der Waals surface area contributed by atoms with Gasteiger partial charge in [-0.15, -0.1) is 0 Å². The predicted molar refractivity (Wildman–Crippen MR) is 145 cm³/mol. The minimum atomic E-state index is -0.417. The molecule has 0 unspecified atom stereocenters. The first-order valence-corrected chi connectivity index (χ1v) is 12.7. The van der Waals surface area contributed by atoms with Crippen LogP contribution in [0.15, 0.2) is 44.7 Å². The van der Waals surface area contributed by atoms with E-state index in [1.54, 1.807) is 26.1 Å². The van der Waals surface area contributed by atoms with Crippen LogP contribution in [0.2, 0.25) is 0 Å². The Hall–Kier alpha value is -1.54. The zero-order chi connectivity index (χ0) is 23.4. The molecule has 0 spiro atoms. The molecule has 0 atom stereocenters. The van der Waals surface area contributed by atoms with Gasteiger partial charge >= 0.3 is 5.97 Å². The molecule has 0 N–H and O–H groups in total. The number of carbonyl (C=O) groups is 1. The maximum absolute atomic E-state index is 13.0. The number of rotatable bonds is 7. The first-order chi connectivity index (χ1) is 15.2. The van der Waals surface area contributed by atoms with Crippen LogP contribution in [-0.4, -0.2) is 34.6 Å². The maximum atomic E-state index is 13.0. The zero-order valence-corrected chi connectivity index (χ0v) is 23.5. The van der Waals surface area contributed by atoms with Crippen molar-refractivity contribution in [3.8, 4) is 5.75 Å². The van der Waals surface area contributed by atoms with E-state index in [1.165, 1.54) is 4.68 Å². The van der Waals surface area contributed by atoms with Gasteiger partial charge in [0.05, 0.1) is 30.4 Å². The van der Waals surface area contributed by atoms with Gasteiger partial charge in [0, 0.05) is 10.9 Å². The summed E-state index contributed by atoms with van der Waals surface area (Å²) in [6, 6.07) is 9.17. The number of ether oxygens (including phenoxy) is 2. The van der Waals surface area contributed by atoms with Crippen LogP contribution >= 0.6 is 61.1 Å². The number of halogens is 3. The van der Waals surface area contributed by atoms with Crippen LogP contribution in [0.1, 0.15) is 32.2 Å². The number of nitrogens with zero attached hydrogens (tertiary/aromatic N) is 3. The van der Waals surface area contributed by atoms with Gasteiger partial charge in [0.25, 0.3) is 5.56 Å². The van der Waals surface area contributed by atoms with Gasteiger partial charge in [0.1, 0.15) is 11.6 Å². The van der Waals surface area contributed by atoms with Crippen LogP contribution in [0.3, 0.4) is 0 Å². The molecule has 0 fully saturated rings. The lowest BCUT2D eigenvalue weighted by Crippen LogP contribution is -2.22. The molecule has 0 aliphatic rings. The van der Waals surface area contributed by atoms with Crippen molar-refractivity contribution in [2.45, 2.75) is 33.3 Å². The van der Waals surface area contributed by atoms with Crippen molar-refractivity contribution in [3.63, 3.8) is 0 Å². The van der Waals surface area contributed by atoms with Crippen molar-refractivity contribution in [1.82, 2.24) is 9.66 Å². The third-order valence-corrected chi connectivity index (χ3v) is 6.33. The van der Waals surface area contributed by atoms with Crippen molar-refractivity contribution in [3.05, 3.63) is 63.7 Å². The zero-order valence-electron chi connectivity index (χ0n) is 17.6. The van der Waals surface area contributed by atoms with E-state index in [2.05, 4.69) is 71.2 Å². The Kier molecular flexibility index (Phi) is 8.67. The Bertz CT molecular complexity index is 1230. The Balaban J connectivity index is 1.90. The normalized spacial score (nSPS) is 11.5. The molecule has 3 rings (SSSR count). The van der Waals surface area contributed by atoms with Gasteiger partial charge in [-0.25, -0.2) is 9.78 Å². The molecular weight excluding hydrogens is 704 g/mol. The van der Waals surface area contributed by atoms with E-state index in [1.807, 2.05) is 31.2 Å². The van der Waals surface area contributed by atoms with Crippen molar-refractivity contribution in [1.29, 1.82) is 0 Å². The summed E-state index contributed by atoms with van der Waals surface area (Å²) in [6.07, 6.45) is 1.99. The number of benzene rings is 2. The summed E-state index contributed by atoms with van der Waals surface area (Å²) in [6.45, 7) is 5.35. The van der Waals surface area contributed by atoms with E-state index >= 15 is 0 Å². The van der Waals surface area contributed by atoms with E-state index in [9.17, 15) is 9.59 Å². The molecular formula is C22H20BrI2N3O4. The number of aryl methyl sites for hydroxylation is 1. The predicted octanol–water partition coefficient (Wildman–Crippen LogP) is 5.14. The number of aromatic nitrogens is 2. The highest BCUT2D eigenvalue weighted by atomic mass is 127. The van der Waals surface area contributed by atoms with Gasteiger partial charge in [-0.05, 0) is 94.9 Å². The van der Waals surface area contributed by atoms with Crippen molar-refractivity contribution >= 4 is 84.2 Å². The van der Waals surface area contributed by atoms with Crippen LogP contribution in [-0.2, 0) is 16.0 Å². The van der Waals surface area contributed by atoms with Crippen LogP contribution in [0.5, 0.6) is 5.75 Å². The fraction of sp³-hybridized carbons (Fsp3) is 0.273. The third kappa shape index (κ3) is 6.07. The average Bonchev–Trinajstić information content (AvgIpc) is 2.72. The van der Waals surface area contributed by atoms with E-state index in [4.69, 9.17) is 9.47 Å². The molecule has 0 saturated heterocycles. The molecule has 0 amide bonds. The molecule has 0 aliphatic carbocycles. The SMILES string of the molecule is CCc1nc2ccc(Br)cc2c(=O)n1N=Cc1cc(I)c(OCC(=O)OC(C)C)c(I)c1. The second-order valence-corrected chi connectivity index (χ2v) is 10.3. The number of esters is 1. The summed E-state index contributed by atoms with van der Waals surface area (Å²) in [7, 11) is 0. The fourth-order valence-electron chi connectivity index (χ4n) is 2.89. The number of hydrogen-bond donors (Lipinski definition) is 0. The number of hydrogen-bond acceptors (Lipinski definition) is 6. The van der Waals surface area contributed by atoms with E-state index in [-0.39, 0.29) is 18.3 Å². The Morgan fingerprint density at radius 1 is 1.25 bits per heavy atom. The smallest absolute Gasteiger partial charge is 0.344 e. The summed E-state index contributed by atoms with van der Waals surface area (Å²) in [5.74, 6) is 0.765. The molecule has 0 aliphatic heterocycles. The van der Waals surface area contributed by atoms with Crippen LogP contribution < -0.4 is 10.3 Å². The highest BCUT2D eigenvalue weighted by molar-refractivity contribution is 14.1. The first-order valence-electron chi connectivity index (χ1n) is 9.76. The molecule has 0 radical (unpaired) electrons. The molecule has 168 valence electrons. The largest absolute Gasteiger partial charge is 0.480 e. The summed E-state index contributed by atoms with van der Waals surface area (Å²) < 4.78 is 14.5. The van der Waals surface area contributed by atoms with Gasteiger partial charge in [-0.2, -0.15) is 9.78 Å². The maximum Gasteiger partial charge on any atom is 0.344 e. The topological polar surface area (TPSA) is 82.8 Å². The Labute approximate surface area is 221 Å². The van der Waals surface area contributed by atoms with Crippen molar-refractivity contribution in [2.24, 2.45) is 5.10 Å². The fourth-order valence-corrected chi connectivity index (χ4v) is 5.38. The monoisotopic (exact) mass is 723 g/mol. The minimum Gasteiger partial charge on any atom is -0.480 e. The second-order valence-electron chi connectivity index (χ2n) is 7.05. The van der Waals surface area contributed by atoms with Crippen LogP contribution in [0.4, 0.5) is 0 Å². The lowest BCUT2D eigenvalue weighted by molar-refractivity contribution is -0.149.